The second kappa shape index (κ2) is 5.72. The Morgan fingerprint density at radius 3 is 2.89 bits per heavy atom. The monoisotopic (exact) mass is 247 g/mol. The molecule has 0 aromatic heterocycles. The van der Waals surface area contributed by atoms with E-state index < -0.39 is 0 Å². The zero-order chi connectivity index (χ0) is 12.2. The number of hydrogen-bond donors (Lipinski definition) is 1. The fourth-order valence-electron chi connectivity index (χ4n) is 2.79. The summed E-state index contributed by atoms with van der Waals surface area (Å²) in [6, 6.07) is 8.30. The zero-order valence-corrected chi connectivity index (χ0v) is 10.7. The number of nitrogens with one attached hydrogen (secondary N) is 1. The quantitative estimate of drug-likeness (QED) is 0.884. The van der Waals surface area contributed by atoms with Gasteiger partial charge >= 0.3 is 0 Å². The third-order valence-corrected chi connectivity index (χ3v) is 3.93. The van der Waals surface area contributed by atoms with Gasteiger partial charge in [-0.1, -0.05) is 18.2 Å². The largest absolute Gasteiger partial charge is 0.493 e. The summed E-state index contributed by atoms with van der Waals surface area (Å²) in [6.45, 7) is 4.75. The van der Waals surface area contributed by atoms with Gasteiger partial charge in [0.05, 0.1) is 13.2 Å². The van der Waals surface area contributed by atoms with Gasteiger partial charge in [-0.3, -0.25) is 0 Å². The van der Waals surface area contributed by atoms with Gasteiger partial charge in [0, 0.05) is 18.1 Å². The lowest BCUT2D eigenvalue weighted by Gasteiger charge is -2.22. The van der Waals surface area contributed by atoms with Crippen LogP contribution in [-0.4, -0.2) is 32.9 Å². The van der Waals surface area contributed by atoms with E-state index in [9.17, 15) is 0 Å². The van der Waals surface area contributed by atoms with Crippen LogP contribution in [0.4, 0.5) is 0 Å². The molecule has 1 unspecified atom stereocenters. The van der Waals surface area contributed by atoms with E-state index in [0.717, 1.165) is 44.6 Å². The minimum Gasteiger partial charge on any atom is -0.493 e. The van der Waals surface area contributed by atoms with Crippen molar-refractivity contribution >= 4 is 0 Å². The molecule has 0 spiro atoms. The van der Waals surface area contributed by atoms with Gasteiger partial charge in [-0.25, -0.2) is 0 Å². The Bertz CT molecular complexity index is 388. The maximum Gasteiger partial charge on any atom is 0.123 e. The highest BCUT2D eigenvalue weighted by Crippen LogP contribution is 2.33. The lowest BCUT2D eigenvalue weighted by molar-refractivity contribution is 0.0733. The molecule has 18 heavy (non-hydrogen) atoms. The van der Waals surface area contributed by atoms with Crippen molar-refractivity contribution in [3.8, 4) is 5.75 Å². The summed E-state index contributed by atoms with van der Waals surface area (Å²) in [5.74, 6) is 2.19. The van der Waals surface area contributed by atoms with Crippen molar-refractivity contribution in [2.24, 2.45) is 5.92 Å². The second-order valence-corrected chi connectivity index (χ2v) is 5.28. The Hall–Kier alpha value is -1.06. The van der Waals surface area contributed by atoms with Crippen LogP contribution >= 0.6 is 0 Å². The lowest BCUT2D eigenvalue weighted by atomic mass is 9.99. The molecular weight excluding hydrogens is 226 g/mol. The van der Waals surface area contributed by atoms with Gasteiger partial charge in [0.25, 0.3) is 0 Å². The molecule has 3 heteroatoms. The highest BCUT2D eigenvalue weighted by Gasteiger charge is 2.24. The number of benzene rings is 1. The molecule has 0 aliphatic carbocycles. The van der Waals surface area contributed by atoms with Gasteiger partial charge in [-0.2, -0.15) is 0 Å². The van der Waals surface area contributed by atoms with Crippen LogP contribution in [-0.2, 0) is 4.74 Å². The van der Waals surface area contributed by atoms with E-state index in [1.165, 1.54) is 18.4 Å². The van der Waals surface area contributed by atoms with Crippen LogP contribution in [0, 0.1) is 5.92 Å². The minimum atomic E-state index is 0.419. The van der Waals surface area contributed by atoms with Crippen molar-refractivity contribution in [1.29, 1.82) is 0 Å². The van der Waals surface area contributed by atoms with Gasteiger partial charge in [-0.15, -0.1) is 0 Å². The van der Waals surface area contributed by atoms with E-state index in [1.807, 2.05) is 12.1 Å². The summed E-state index contributed by atoms with van der Waals surface area (Å²) in [4.78, 5) is 0. The summed E-state index contributed by atoms with van der Waals surface area (Å²) in [6.07, 6.45) is 2.50. The normalized spacial score (nSPS) is 23.7. The first-order chi connectivity index (χ1) is 8.93. The molecule has 1 aromatic carbocycles. The molecule has 1 atom stereocenters. The molecule has 3 rings (SSSR count). The first kappa shape index (κ1) is 12.0. The van der Waals surface area contributed by atoms with Crippen molar-refractivity contribution in [1.82, 2.24) is 5.32 Å². The highest BCUT2D eigenvalue weighted by atomic mass is 16.5. The summed E-state index contributed by atoms with van der Waals surface area (Å²) >= 11 is 0. The first-order valence-electron chi connectivity index (χ1n) is 6.93. The number of para-hydroxylation sites is 1. The van der Waals surface area contributed by atoms with Crippen LogP contribution < -0.4 is 10.1 Å². The van der Waals surface area contributed by atoms with Crippen LogP contribution in [0.2, 0.25) is 0 Å². The first-order valence-corrected chi connectivity index (χ1v) is 6.93. The van der Waals surface area contributed by atoms with Crippen molar-refractivity contribution < 1.29 is 9.47 Å². The van der Waals surface area contributed by atoms with Crippen LogP contribution in [0.15, 0.2) is 24.3 Å². The molecule has 1 aromatic rings. The molecular formula is C15H21NO2. The van der Waals surface area contributed by atoms with Crippen molar-refractivity contribution in [2.75, 3.05) is 32.9 Å². The zero-order valence-electron chi connectivity index (χ0n) is 10.7. The number of rotatable bonds is 4. The Kier molecular flexibility index (Phi) is 3.81. The molecule has 1 saturated heterocycles. The Labute approximate surface area is 108 Å². The molecule has 3 nitrogen and oxygen atoms in total. The van der Waals surface area contributed by atoms with E-state index in [1.54, 1.807) is 0 Å². The van der Waals surface area contributed by atoms with Crippen molar-refractivity contribution in [3.05, 3.63) is 29.8 Å². The number of ether oxygens (including phenoxy) is 2. The Morgan fingerprint density at radius 2 is 2.00 bits per heavy atom. The van der Waals surface area contributed by atoms with Crippen LogP contribution in [0.25, 0.3) is 0 Å². The summed E-state index contributed by atoms with van der Waals surface area (Å²) in [5, 5.41) is 3.38. The lowest BCUT2D eigenvalue weighted by Crippen LogP contribution is -2.30. The topological polar surface area (TPSA) is 30.5 Å². The maximum atomic E-state index is 5.91. The third-order valence-electron chi connectivity index (χ3n) is 3.93. The molecule has 2 aliphatic rings. The number of piperidine rings is 1. The summed E-state index contributed by atoms with van der Waals surface area (Å²) in [5.41, 5.74) is 1.31. The van der Waals surface area contributed by atoms with E-state index in [-0.39, 0.29) is 0 Å². The van der Waals surface area contributed by atoms with Crippen LogP contribution in [0.5, 0.6) is 5.75 Å². The molecule has 1 fully saturated rings. The molecule has 2 heterocycles. The average molecular weight is 247 g/mol. The predicted octanol–water partition coefficient (Wildman–Crippen LogP) is 2.18. The molecule has 98 valence electrons. The molecule has 0 bridgehead atoms. The minimum absolute atomic E-state index is 0.419. The van der Waals surface area contributed by atoms with Crippen LogP contribution in [0.1, 0.15) is 24.3 Å². The Balaban J connectivity index is 1.47. The predicted molar refractivity (Wildman–Crippen MR) is 71.1 cm³/mol. The number of fused-ring (bicyclic) bond motifs is 1. The fraction of sp³-hybridized carbons (Fsp3) is 0.600. The van der Waals surface area contributed by atoms with Gasteiger partial charge < -0.3 is 14.8 Å². The second-order valence-electron chi connectivity index (χ2n) is 5.28. The van der Waals surface area contributed by atoms with Gasteiger partial charge in [-0.05, 0) is 37.9 Å². The van der Waals surface area contributed by atoms with E-state index >= 15 is 0 Å². The van der Waals surface area contributed by atoms with E-state index in [2.05, 4.69) is 17.4 Å². The van der Waals surface area contributed by atoms with Crippen LogP contribution in [0.3, 0.4) is 0 Å². The molecule has 0 saturated carbocycles. The average Bonchev–Trinajstić information content (AvgIpc) is 2.84. The fourth-order valence-corrected chi connectivity index (χ4v) is 2.79. The van der Waals surface area contributed by atoms with Gasteiger partial charge in [0.15, 0.2) is 0 Å². The van der Waals surface area contributed by atoms with E-state index in [0.29, 0.717) is 5.92 Å². The molecule has 0 amide bonds. The van der Waals surface area contributed by atoms with Crippen molar-refractivity contribution in [3.63, 3.8) is 0 Å². The van der Waals surface area contributed by atoms with Gasteiger partial charge in [0.1, 0.15) is 5.75 Å². The van der Waals surface area contributed by atoms with Gasteiger partial charge in [0.2, 0.25) is 0 Å². The smallest absolute Gasteiger partial charge is 0.123 e. The molecule has 2 aliphatic heterocycles. The standard InChI is InChI=1S/C15H21NO2/c1-2-4-15-14(3-1)13(11-18-15)10-17-9-12-5-7-16-8-6-12/h1-4,12-13,16H,5-11H2. The van der Waals surface area contributed by atoms with Crippen molar-refractivity contribution in [2.45, 2.75) is 18.8 Å². The summed E-state index contributed by atoms with van der Waals surface area (Å²) in [7, 11) is 0. The third kappa shape index (κ3) is 2.68. The molecule has 0 radical (unpaired) electrons. The maximum absolute atomic E-state index is 5.91. The highest BCUT2D eigenvalue weighted by molar-refractivity contribution is 5.39. The van der Waals surface area contributed by atoms with E-state index in [4.69, 9.17) is 9.47 Å². The summed E-state index contributed by atoms with van der Waals surface area (Å²) < 4.78 is 11.6. The number of hydrogen-bond acceptors (Lipinski definition) is 3. The SMILES string of the molecule is c1ccc2c(c1)OCC2COCC1CCNCC1. The molecule has 1 N–H and O–H groups in total. The Morgan fingerprint density at radius 1 is 1.17 bits per heavy atom.